The van der Waals surface area contributed by atoms with Gasteiger partial charge in [-0.1, -0.05) is 97.1 Å². The molecular formula is C46H28N2S2. The third-order valence-corrected chi connectivity index (χ3v) is 12.4. The second-order valence-electron chi connectivity index (χ2n) is 12.9. The minimum absolute atomic E-state index is 1.14. The molecule has 0 aliphatic carbocycles. The van der Waals surface area contributed by atoms with Crippen molar-refractivity contribution in [2.45, 2.75) is 0 Å². The molecule has 0 spiro atoms. The van der Waals surface area contributed by atoms with Crippen LogP contribution in [-0.2, 0) is 0 Å². The highest BCUT2D eigenvalue weighted by atomic mass is 32.1. The average Bonchev–Trinajstić information content (AvgIpc) is 3.85. The van der Waals surface area contributed by atoms with Crippen molar-refractivity contribution in [1.29, 1.82) is 0 Å². The van der Waals surface area contributed by atoms with Gasteiger partial charge in [0.15, 0.2) is 0 Å². The van der Waals surface area contributed by atoms with Gasteiger partial charge in [-0.3, -0.25) is 0 Å². The number of nitrogens with zero attached hydrogens (tertiary/aromatic N) is 2. The van der Waals surface area contributed by atoms with Crippen molar-refractivity contribution < 1.29 is 0 Å². The number of hydrogen-bond acceptors (Lipinski definition) is 3. The van der Waals surface area contributed by atoms with Crippen LogP contribution in [0.5, 0.6) is 0 Å². The fourth-order valence-corrected chi connectivity index (χ4v) is 10.3. The Bertz CT molecular complexity index is 3110. The van der Waals surface area contributed by atoms with Crippen molar-refractivity contribution in [2.75, 3.05) is 4.90 Å². The summed E-state index contributed by atoms with van der Waals surface area (Å²) in [6, 6.07) is 62.4. The monoisotopic (exact) mass is 672 g/mol. The smallest absolute Gasteiger partial charge is 0.0554 e. The molecule has 11 rings (SSSR count). The van der Waals surface area contributed by atoms with Crippen LogP contribution >= 0.6 is 22.7 Å². The van der Waals surface area contributed by atoms with E-state index in [-0.39, 0.29) is 0 Å². The molecule has 0 amide bonds. The molecule has 2 nitrogen and oxygen atoms in total. The van der Waals surface area contributed by atoms with Crippen LogP contribution in [-0.4, -0.2) is 4.57 Å². The lowest BCUT2D eigenvalue weighted by Gasteiger charge is -2.27. The van der Waals surface area contributed by atoms with Gasteiger partial charge in [0.2, 0.25) is 0 Å². The summed E-state index contributed by atoms with van der Waals surface area (Å²) in [7, 11) is 0. The molecule has 3 aromatic heterocycles. The fourth-order valence-electron chi connectivity index (χ4n) is 8.00. The number of hydrogen-bond donors (Lipinski definition) is 0. The molecule has 50 heavy (non-hydrogen) atoms. The maximum Gasteiger partial charge on any atom is 0.0554 e. The van der Waals surface area contributed by atoms with E-state index in [0.717, 1.165) is 11.4 Å². The molecule has 3 heterocycles. The molecule has 234 valence electrons. The molecule has 0 bridgehead atoms. The molecule has 0 atom stereocenters. The highest BCUT2D eigenvalue weighted by molar-refractivity contribution is 7.26. The Hall–Kier alpha value is -5.94. The van der Waals surface area contributed by atoms with Crippen LogP contribution in [0.25, 0.3) is 78.6 Å². The minimum atomic E-state index is 1.14. The second kappa shape index (κ2) is 10.8. The Morgan fingerprint density at radius 3 is 1.96 bits per heavy atom. The second-order valence-corrected chi connectivity index (χ2v) is 15.1. The zero-order chi connectivity index (χ0) is 32.8. The van der Waals surface area contributed by atoms with Crippen molar-refractivity contribution >= 4 is 113 Å². The molecule has 4 heteroatoms. The van der Waals surface area contributed by atoms with Crippen molar-refractivity contribution in [3.63, 3.8) is 0 Å². The van der Waals surface area contributed by atoms with E-state index in [1.165, 1.54) is 84.3 Å². The van der Waals surface area contributed by atoms with E-state index in [9.17, 15) is 0 Å². The van der Waals surface area contributed by atoms with E-state index in [4.69, 9.17) is 0 Å². The predicted octanol–water partition coefficient (Wildman–Crippen LogP) is 14.1. The normalized spacial score (nSPS) is 12.0. The van der Waals surface area contributed by atoms with Gasteiger partial charge >= 0.3 is 0 Å². The highest BCUT2D eigenvalue weighted by Gasteiger charge is 2.21. The summed E-state index contributed by atoms with van der Waals surface area (Å²) in [5.74, 6) is 0. The highest BCUT2D eigenvalue weighted by Crippen LogP contribution is 2.48. The molecule has 0 saturated carbocycles. The summed E-state index contributed by atoms with van der Waals surface area (Å²) < 4.78 is 7.61. The van der Waals surface area contributed by atoms with E-state index in [2.05, 4.69) is 179 Å². The van der Waals surface area contributed by atoms with Crippen LogP contribution in [0.3, 0.4) is 0 Å². The molecule has 0 unspecified atom stereocenters. The Morgan fingerprint density at radius 1 is 0.380 bits per heavy atom. The van der Waals surface area contributed by atoms with Gasteiger partial charge in [0, 0.05) is 68.2 Å². The van der Waals surface area contributed by atoms with Crippen molar-refractivity contribution in [1.82, 2.24) is 4.57 Å². The quantitative estimate of drug-likeness (QED) is 0.181. The molecule has 8 aromatic carbocycles. The van der Waals surface area contributed by atoms with Gasteiger partial charge < -0.3 is 9.47 Å². The zero-order valence-electron chi connectivity index (χ0n) is 26.9. The lowest BCUT2D eigenvalue weighted by atomic mass is 10.0. The van der Waals surface area contributed by atoms with Crippen LogP contribution in [0, 0.1) is 0 Å². The fraction of sp³-hybridized carbons (Fsp3) is 0. The van der Waals surface area contributed by atoms with Crippen LogP contribution in [0.15, 0.2) is 170 Å². The van der Waals surface area contributed by atoms with Crippen LogP contribution in [0.1, 0.15) is 0 Å². The van der Waals surface area contributed by atoms with Gasteiger partial charge in [-0.25, -0.2) is 0 Å². The predicted molar refractivity (Wildman–Crippen MR) is 219 cm³/mol. The molecule has 0 aliphatic rings. The molecule has 0 saturated heterocycles. The van der Waals surface area contributed by atoms with E-state index < -0.39 is 0 Å². The Balaban J connectivity index is 1.20. The van der Waals surface area contributed by atoms with Crippen LogP contribution < -0.4 is 4.90 Å². The van der Waals surface area contributed by atoms with Crippen molar-refractivity contribution in [3.05, 3.63) is 170 Å². The van der Waals surface area contributed by atoms with E-state index in [1.807, 2.05) is 22.7 Å². The molecule has 11 aromatic rings. The van der Waals surface area contributed by atoms with Gasteiger partial charge in [0.1, 0.15) is 0 Å². The van der Waals surface area contributed by atoms with Gasteiger partial charge in [0.25, 0.3) is 0 Å². The number of rotatable bonds is 4. The van der Waals surface area contributed by atoms with Gasteiger partial charge in [-0.15, -0.1) is 22.7 Å². The summed E-state index contributed by atoms with van der Waals surface area (Å²) in [6.07, 6.45) is 0. The van der Waals surface area contributed by atoms with E-state index in [1.54, 1.807) is 0 Å². The lowest BCUT2D eigenvalue weighted by Crippen LogP contribution is -2.10. The number of para-hydroxylation sites is 2. The van der Waals surface area contributed by atoms with Gasteiger partial charge in [0.05, 0.1) is 16.7 Å². The first-order valence-electron chi connectivity index (χ1n) is 16.9. The summed E-state index contributed by atoms with van der Waals surface area (Å²) in [5, 5.41) is 10.3. The van der Waals surface area contributed by atoms with Gasteiger partial charge in [-0.05, 0) is 83.6 Å². The third kappa shape index (κ3) is 4.07. The summed E-state index contributed by atoms with van der Waals surface area (Å²) >= 11 is 3.75. The van der Waals surface area contributed by atoms with Crippen molar-refractivity contribution in [3.8, 4) is 5.69 Å². The standard InChI is InChI=1S/C46H28N2S2/c1-2-12-30(13-3-1)48-38-17-8-6-15-34(38)37-27-31(23-25-39(37)48)47(40-18-10-20-42-46(40)35-16-7-9-19-41(35)49-42)32-22-24-36-44(28-32)50-43-26-21-29-11-4-5-14-33(29)45(36)43/h1-28H. The first-order chi connectivity index (χ1) is 24.8. The minimum Gasteiger partial charge on any atom is -0.310 e. The summed E-state index contributed by atoms with van der Waals surface area (Å²) in [4.78, 5) is 2.48. The number of thiophene rings is 2. The molecule has 0 aliphatic heterocycles. The van der Waals surface area contributed by atoms with E-state index >= 15 is 0 Å². The van der Waals surface area contributed by atoms with Crippen molar-refractivity contribution in [2.24, 2.45) is 0 Å². The van der Waals surface area contributed by atoms with Gasteiger partial charge in [-0.2, -0.15) is 0 Å². The Morgan fingerprint density at radius 2 is 1.04 bits per heavy atom. The maximum atomic E-state index is 2.48. The third-order valence-electron chi connectivity index (χ3n) is 10.2. The summed E-state index contributed by atoms with van der Waals surface area (Å²) in [5.41, 5.74) is 7.07. The maximum absolute atomic E-state index is 2.48. The lowest BCUT2D eigenvalue weighted by molar-refractivity contribution is 1.18. The largest absolute Gasteiger partial charge is 0.310 e. The SMILES string of the molecule is c1ccc(-n2c3ccccc3c3cc(N(c4ccc5c(c4)sc4ccc6ccccc6c45)c4cccc5sc6ccccc6c45)ccc32)cc1. The van der Waals surface area contributed by atoms with Crippen LogP contribution in [0.2, 0.25) is 0 Å². The molecule has 0 radical (unpaired) electrons. The topological polar surface area (TPSA) is 8.17 Å². The average molecular weight is 673 g/mol. The number of anilines is 3. The first-order valence-corrected chi connectivity index (χ1v) is 18.6. The number of benzene rings is 8. The first kappa shape index (κ1) is 28.0. The molecule has 0 N–H and O–H groups in total. The number of aromatic nitrogens is 1. The Kier molecular flexibility index (Phi) is 6.03. The number of fused-ring (bicyclic) bond motifs is 11. The summed E-state index contributed by atoms with van der Waals surface area (Å²) in [6.45, 7) is 0. The molecular weight excluding hydrogens is 645 g/mol. The Labute approximate surface area is 296 Å². The van der Waals surface area contributed by atoms with Crippen LogP contribution in [0.4, 0.5) is 17.1 Å². The van der Waals surface area contributed by atoms with E-state index in [0.29, 0.717) is 0 Å². The zero-order valence-corrected chi connectivity index (χ0v) is 28.5. The molecule has 0 fully saturated rings.